The van der Waals surface area contributed by atoms with Crippen LogP contribution in [0.15, 0.2) is 48.5 Å². The Bertz CT molecular complexity index is 717. The van der Waals surface area contributed by atoms with E-state index in [2.05, 4.69) is 29.2 Å². The van der Waals surface area contributed by atoms with Crippen LogP contribution in [-0.2, 0) is 11.3 Å². The van der Waals surface area contributed by atoms with Crippen molar-refractivity contribution in [3.8, 4) is 5.75 Å². The minimum Gasteiger partial charge on any atom is -0.497 e. The van der Waals surface area contributed by atoms with Crippen molar-refractivity contribution in [1.29, 1.82) is 0 Å². The van der Waals surface area contributed by atoms with Gasteiger partial charge >= 0.3 is 0 Å². The number of carbonyl (C=O) groups excluding carboxylic acids is 1. The highest BCUT2D eigenvalue weighted by Crippen LogP contribution is 2.30. The molecule has 0 bridgehead atoms. The number of amides is 1. The second-order valence-corrected chi connectivity index (χ2v) is 7.16. The molecule has 0 N–H and O–H groups in total. The van der Waals surface area contributed by atoms with Crippen LogP contribution in [0.5, 0.6) is 5.75 Å². The first-order valence-electron chi connectivity index (χ1n) is 9.30. The van der Waals surface area contributed by atoms with E-state index >= 15 is 0 Å². The standard InChI is InChI=1S/C22H28N2O2/c1-23(2)19-10-8-17(9-11-19)16-24(22(25)18-6-4-5-7-18)20-12-14-21(26-3)15-13-20/h8-15,18H,4-7,16H2,1-3H3. The van der Waals surface area contributed by atoms with Gasteiger partial charge in [0.05, 0.1) is 13.7 Å². The molecule has 2 aromatic rings. The van der Waals surface area contributed by atoms with Gasteiger partial charge in [-0.1, -0.05) is 25.0 Å². The molecule has 26 heavy (non-hydrogen) atoms. The number of hydrogen-bond acceptors (Lipinski definition) is 3. The summed E-state index contributed by atoms with van der Waals surface area (Å²) in [6, 6.07) is 16.2. The quantitative estimate of drug-likeness (QED) is 0.768. The van der Waals surface area contributed by atoms with Crippen molar-refractivity contribution in [3.63, 3.8) is 0 Å². The molecule has 0 saturated heterocycles. The maximum atomic E-state index is 13.2. The van der Waals surface area contributed by atoms with E-state index in [1.807, 2.05) is 43.3 Å². The third-order valence-corrected chi connectivity index (χ3v) is 5.15. The van der Waals surface area contributed by atoms with Gasteiger partial charge in [-0.2, -0.15) is 0 Å². The maximum Gasteiger partial charge on any atom is 0.230 e. The molecule has 0 aromatic heterocycles. The SMILES string of the molecule is COc1ccc(N(Cc2ccc(N(C)C)cc2)C(=O)C2CCCC2)cc1. The molecule has 0 radical (unpaired) electrons. The molecule has 2 aromatic carbocycles. The van der Waals surface area contributed by atoms with Crippen molar-refractivity contribution >= 4 is 17.3 Å². The lowest BCUT2D eigenvalue weighted by Crippen LogP contribution is -2.34. The Morgan fingerprint density at radius 3 is 2.08 bits per heavy atom. The van der Waals surface area contributed by atoms with Crippen LogP contribution in [0.4, 0.5) is 11.4 Å². The number of ether oxygens (including phenoxy) is 1. The van der Waals surface area contributed by atoms with Gasteiger partial charge in [-0.05, 0) is 54.8 Å². The highest BCUT2D eigenvalue weighted by atomic mass is 16.5. The topological polar surface area (TPSA) is 32.8 Å². The number of nitrogens with zero attached hydrogens (tertiary/aromatic N) is 2. The smallest absolute Gasteiger partial charge is 0.230 e. The van der Waals surface area contributed by atoms with E-state index in [4.69, 9.17) is 4.74 Å². The number of anilines is 2. The molecule has 1 aliphatic carbocycles. The minimum atomic E-state index is 0.151. The van der Waals surface area contributed by atoms with Crippen molar-refractivity contribution < 1.29 is 9.53 Å². The third kappa shape index (κ3) is 4.18. The Morgan fingerprint density at radius 1 is 0.962 bits per heavy atom. The number of hydrogen-bond donors (Lipinski definition) is 0. The molecule has 0 spiro atoms. The van der Waals surface area contributed by atoms with Gasteiger partial charge in [-0.25, -0.2) is 0 Å². The highest BCUT2D eigenvalue weighted by molar-refractivity contribution is 5.95. The summed E-state index contributed by atoms with van der Waals surface area (Å²) in [6.07, 6.45) is 4.32. The van der Waals surface area contributed by atoms with Crippen LogP contribution in [0.3, 0.4) is 0 Å². The summed E-state index contributed by atoms with van der Waals surface area (Å²) in [5.41, 5.74) is 3.23. The Labute approximate surface area is 156 Å². The lowest BCUT2D eigenvalue weighted by Gasteiger charge is -2.26. The van der Waals surface area contributed by atoms with Crippen LogP contribution in [0.2, 0.25) is 0 Å². The van der Waals surface area contributed by atoms with Crippen LogP contribution >= 0.6 is 0 Å². The lowest BCUT2D eigenvalue weighted by atomic mass is 10.0. The monoisotopic (exact) mass is 352 g/mol. The van der Waals surface area contributed by atoms with Crippen molar-refractivity contribution in [3.05, 3.63) is 54.1 Å². The summed E-state index contributed by atoms with van der Waals surface area (Å²) >= 11 is 0. The van der Waals surface area contributed by atoms with Crippen LogP contribution in [0.1, 0.15) is 31.2 Å². The fraction of sp³-hybridized carbons (Fsp3) is 0.409. The highest BCUT2D eigenvalue weighted by Gasteiger charge is 2.28. The van der Waals surface area contributed by atoms with Crippen LogP contribution in [0, 0.1) is 5.92 Å². The van der Waals surface area contributed by atoms with E-state index in [-0.39, 0.29) is 11.8 Å². The fourth-order valence-corrected chi connectivity index (χ4v) is 3.53. The summed E-state index contributed by atoms with van der Waals surface area (Å²) in [7, 11) is 5.72. The summed E-state index contributed by atoms with van der Waals surface area (Å²) in [6.45, 7) is 0.593. The van der Waals surface area contributed by atoms with Gasteiger partial charge in [0.2, 0.25) is 5.91 Å². The molecule has 1 aliphatic rings. The van der Waals surface area contributed by atoms with Gasteiger partial charge in [0.15, 0.2) is 0 Å². The van der Waals surface area contributed by atoms with Gasteiger partial charge in [0, 0.05) is 31.4 Å². The minimum absolute atomic E-state index is 0.151. The van der Waals surface area contributed by atoms with E-state index < -0.39 is 0 Å². The third-order valence-electron chi connectivity index (χ3n) is 5.15. The predicted octanol–water partition coefficient (Wildman–Crippen LogP) is 4.48. The Balaban J connectivity index is 1.84. The molecular weight excluding hydrogens is 324 g/mol. The molecule has 0 aliphatic heterocycles. The van der Waals surface area contributed by atoms with E-state index in [0.29, 0.717) is 6.54 Å². The zero-order chi connectivity index (χ0) is 18.5. The Hall–Kier alpha value is -2.49. The molecule has 1 fully saturated rings. The molecule has 138 valence electrons. The van der Waals surface area contributed by atoms with Crippen molar-refractivity contribution in [2.24, 2.45) is 5.92 Å². The van der Waals surface area contributed by atoms with Crippen LogP contribution in [-0.4, -0.2) is 27.1 Å². The summed E-state index contributed by atoms with van der Waals surface area (Å²) in [5, 5.41) is 0. The molecular formula is C22H28N2O2. The average molecular weight is 352 g/mol. The largest absolute Gasteiger partial charge is 0.497 e. The molecule has 4 heteroatoms. The second-order valence-electron chi connectivity index (χ2n) is 7.16. The van der Waals surface area contributed by atoms with Crippen molar-refractivity contribution in [1.82, 2.24) is 0 Å². The fourth-order valence-electron chi connectivity index (χ4n) is 3.53. The summed E-state index contributed by atoms with van der Waals surface area (Å²) < 4.78 is 5.25. The van der Waals surface area contributed by atoms with E-state index in [0.717, 1.165) is 48.4 Å². The average Bonchev–Trinajstić information content (AvgIpc) is 3.21. The van der Waals surface area contributed by atoms with Gasteiger partial charge in [0.25, 0.3) is 0 Å². The zero-order valence-corrected chi connectivity index (χ0v) is 15.9. The Morgan fingerprint density at radius 2 is 1.54 bits per heavy atom. The normalized spacial score (nSPS) is 14.3. The molecule has 4 nitrogen and oxygen atoms in total. The van der Waals surface area contributed by atoms with Gasteiger partial charge in [-0.3, -0.25) is 4.79 Å². The molecule has 1 amide bonds. The summed E-state index contributed by atoms with van der Waals surface area (Å²) in [4.78, 5) is 17.2. The van der Waals surface area contributed by atoms with Crippen molar-refractivity contribution in [2.75, 3.05) is 31.0 Å². The number of carbonyl (C=O) groups is 1. The maximum absolute atomic E-state index is 13.2. The van der Waals surface area contributed by atoms with Gasteiger partial charge in [-0.15, -0.1) is 0 Å². The van der Waals surface area contributed by atoms with Crippen molar-refractivity contribution in [2.45, 2.75) is 32.2 Å². The molecule has 0 heterocycles. The first-order chi connectivity index (χ1) is 12.6. The predicted molar refractivity (Wildman–Crippen MR) is 107 cm³/mol. The van der Waals surface area contributed by atoms with E-state index in [1.54, 1.807) is 7.11 Å². The van der Waals surface area contributed by atoms with Crippen LogP contribution < -0.4 is 14.5 Å². The molecule has 0 unspecified atom stereocenters. The second kappa shape index (κ2) is 8.26. The first kappa shape index (κ1) is 18.3. The van der Waals surface area contributed by atoms with E-state index in [9.17, 15) is 4.79 Å². The summed E-state index contributed by atoms with van der Waals surface area (Å²) in [5.74, 6) is 1.19. The number of rotatable bonds is 6. The Kier molecular flexibility index (Phi) is 5.82. The molecule has 0 atom stereocenters. The van der Waals surface area contributed by atoms with Gasteiger partial charge < -0.3 is 14.5 Å². The first-order valence-corrected chi connectivity index (χ1v) is 9.30. The molecule has 1 saturated carbocycles. The zero-order valence-electron chi connectivity index (χ0n) is 15.9. The number of benzene rings is 2. The lowest BCUT2D eigenvalue weighted by molar-refractivity contribution is -0.122. The number of methoxy groups -OCH3 is 1. The van der Waals surface area contributed by atoms with E-state index in [1.165, 1.54) is 0 Å². The molecule has 3 rings (SSSR count). The van der Waals surface area contributed by atoms with Crippen LogP contribution in [0.25, 0.3) is 0 Å². The van der Waals surface area contributed by atoms with Gasteiger partial charge in [0.1, 0.15) is 5.75 Å².